The standard InChI is InChI=1S/C18H27N2O3.CH3.W/c1-5-6-13-20(3)18(11-8-12-18)17(21)19-16-14(2)9-7-10-15(16)23-22-4;;/h7,9-10H,1,5-6,8,11-13H2,2-4H3,(H,19,21);1H3;/q2*-1;. The van der Waals surface area contributed by atoms with Crippen molar-refractivity contribution in [2.24, 2.45) is 0 Å². The van der Waals surface area contributed by atoms with Crippen molar-refractivity contribution in [1.82, 2.24) is 4.90 Å². The van der Waals surface area contributed by atoms with Crippen LogP contribution in [0.25, 0.3) is 0 Å². The number of aryl methyl sites for hydroxylation is 1. The van der Waals surface area contributed by atoms with Crippen molar-refractivity contribution in [2.75, 3.05) is 26.0 Å². The minimum Gasteiger partial charge on any atom is -0.358 e. The zero-order valence-electron chi connectivity index (χ0n) is 15.8. The van der Waals surface area contributed by atoms with Gasteiger partial charge in [0.1, 0.15) is 5.54 Å². The maximum absolute atomic E-state index is 13.0. The van der Waals surface area contributed by atoms with Crippen LogP contribution in [0.2, 0.25) is 0 Å². The molecular formula is C19H30N2O3W-2. The maximum atomic E-state index is 13.0. The van der Waals surface area contributed by atoms with Gasteiger partial charge in [-0.2, -0.15) is 11.3 Å². The van der Waals surface area contributed by atoms with E-state index in [2.05, 4.69) is 17.1 Å². The van der Waals surface area contributed by atoms with E-state index in [4.69, 9.17) is 9.78 Å². The van der Waals surface area contributed by atoms with Crippen molar-refractivity contribution >= 4 is 11.6 Å². The molecule has 6 heteroatoms. The molecule has 0 heterocycles. The third-order valence-corrected chi connectivity index (χ3v) is 4.72. The number of anilines is 1. The topological polar surface area (TPSA) is 50.8 Å². The van der Waals surface area contributed by atoms with Crippen LogP contribution in [0.4, 0.5) is 5.69 Å². The van der Waals surface area contributed by atoms with Crippen molar-refractivity contribution in [2.45, 2.75) is 44.6 Å². The SMILES string of the molecule is [CH2-]CCCN(C)C1(C(=O)Nc2c(C)cccc2OOC)CCC1.[CH3-].[W]. The Hall–Kier alpha value is -0.902. The Labute approximate surface area is 166 Å². The van der Waals surface area contributed by atoms with Crippen LogP contribution < -0.4 is 10.2 Å². The summed E-state index contributed by atoms with van der Waals surface area (Å²) < 4.78 is 0. The molecule has 0 radical (unpaired) electrons. The van der Waals surface area contributed by atoms with Gasteiger partial charge >= 0.3 is 0 Å². The molecule has 1 aliphatic rings. The first kappa shape index (κ1) is 24.1. The summed E-state index contributed by atoms with van der Waals surface area (Å²) in [5.41, 5.74) is 1.21. The summed E-state index contributed by atoms with van der Waals surface area (Å²) in [7, 11) is 3.48. The minimum absolute atomic E-state index is 0. The molecule has 0 atom stereocenters. The molecule has 1 aromatic carbocycles. The number of hydrogen-bond donors (Lipinski definition) is 1. The molecule has 0 bridgehead atoms. The van der Waals surface area contributed by atoms with Gasteiger partial charge in [0, 0.05) is 21.1 Å². The number of amides is 1. The number of unbranched alkanes of at least 4 members (excludes halogenated alkanes) is 1. The summed E-state index contributed by atoms with van der Waals surface area (Å²) in [6.45, 7) is 6.71. The molecular weight excluding hydrogens is 488 g/mol. The van der Waals surface area contributed by atoms with Crippen LogP contribution in [0, 0.1) is 21.3 Å². The second-order valence-electron chi connectivity index (χ2n) is 6.17. The zero-order valence-corrected chi connectivity index (χ0v) is 18.7. The van der Waals surface area contributed by atoms with Gasteiger partial charge in [-0.25, -0.2) is 0 Å². The molecule has 1 aromatic rings. The largest absolute Gasteiger partial charge is 0.358 e. The Morgan fingerprint density at radius 2 is 2.08 bits per heavy atom. The molecule has 0 saturated heterocycles. The summed E-state index contributed by atoms with van der Waals surface area (Å²) >= 11 is 0. The molecule has 1 amide bonds. The van der Waals surface area contributed by atoms with Gasteiger partial charge in [-0.3, -0.25) is 9.69 Å². The first-order chi connectivity index (χ1) is 11.0. The molecule has 0 aromatic heterocycles. The van der Waals surface area contributed by atoms with Crippen molar-refractivity contribution < 1.29 is 35.6 Å². The number of rotatable bonds is 8. The van der Waals surface area contributed by atoms with Crippen LogP contribution in [0.5, 0.6) is 5.75 Å². The van der Waals surface area contributed by atoms with Crippen LogP contribution in [-0.4, -0.2) is 37.0 Å². The van der Waals surface area contributed by atoms with E-state index in [1.165, 1.54) is 7.11 Å². The van der Waals surface area contributed by atoms with Crippen LogP contribution in [-0.2, 0) is 30.7 Å². The molecule has 0 spiro atoms. The Kier molecular flexibility index (Phi) is 10.6. The van der Waals surface area contributed by atoms with E-state index in [0.717, 1.165) is 44.2 Å². The third kappa shape index (κ3) is 5.29. The van der Waals surface area contributed by atoms with E-state index in [-0.39, 0.29) is 34.4 Å². The van der Waals surface area contributed by atoms with Gasteiger partial charge < -0.3 is 24.6 Å². The van der Waals surface area contributed by atoms with Crippen LogP contribution in [0.1, 0.15) is 37.7 Å². The number of carbonyl (C=O) groups is 1. The van der Waals surface area contributed by atoms with E-state index >= 15 is 0 Å². The second-order valence-corrected chi connectivity index (χ2v) is 6.17. The monoisotopic (exact) mass is 518 g/mol. The number of carbonyl (C=O) groups excluding carboxylic acids is 1. The number of nitrogens with zero attached hydrogens (tertiary/aromatic N) is 1. The summed E-state index contributed by atoms with van der Waals surface area (Å²) in [5.74, 6) is 0.557. The van der Waals surface area contributed by atoms with Gasteiger partial charge in [-0.15, -0.1) is 0 Å². The maximum Gasteiger partial charge on any atom is 0.244 e. The van der Waals surface area contributed by atoms with Crippen molar-refractivity contribution in [1.29, 1.82) is 0 Å². The van der Waals surface area contributed by atoms with E-state index in [1.54, 1.807) is 6.07 Å². The fraction of sp³-hybridized carbons (Fsp3) is 0.526. The molecule has 1 N–H and O–H groups in total. The predicted molar refractivity (Wildman–Crippen MR) is 97.7 cm³/mol. The molecule has 1 fully saturated rings. The number of nitrogens with one attached hydrogen (secondary N) is 1. The Morgan fingerprint density at radius 1 is 1.40 bits per heavy atom. The van der Waals surface area contributed by atoms with E-state index in [9.17, 15) is 4.79 Å². The fourth-order valence-electron chi connectivity index (χ4n) is 3.05. The predicted octanol–water partition coefficient (Wildman–Crippen LogP) is 3.79. The Bertz CT molecular complexity index is 547. The summed E-state index contributed by atoms with van der Waals surface area (Å²) in [4.78, 5) is 25.1. The molecule has 0 aliphatic heterocycles. The number of hydrogen-bond acceptors (Lipinski definition) is 4. The molecule has 0 unspecified atom stereocenters. The smallest absolute Gasteiger partial charge is 0.244 e. The number of para-hydroxylation sites is 1. The third-order valence-electron chi connectivity index (χ3n) is 4.72. The van der Waals surface area contributed by atoms with Gasteiger partial charge in [0.25, 0.3) is 0 Å². The fourth-order valence-corrected chi connectivity index (χ4v) is 3.05. The second kappa shape index (κ2) is 10.9. The van der Waals surface area contributed by atoms with Gasteiger partial charge in [0.2, 0.25) is 5.91 Å². The Balaban J connectivity index is 0.00000288. The molecule has 2 rings (SSSR count). The molecule has 1 saturated carbocycles. The van der Waals surface area contributed by atoms with Crippen molar-refractivity contribution in [3.05, 3.63) is 38.1 Å². The molecule has 25 heavy (non-hydrogen) atoms. The normalized spacial score (nSPS) is 14.8. The van der Waals surface area contributed by atoms with Gasteiger partial charge in [-0.1, -0.05) is 18.6 Å². The quantitative estimate of drug-likeness (QED) is 0.324. The first-order valence-corrected chi connectivity index (χ1v) is 8.17. The van der Waals surface area contributed by atoms with Crippen molar-refractivity contribution in [3.63, 3.8) is 0 Å². The van der Waals surface area contributed by atoms with Gasteiger partial charge in [0.05, 0.1) is 12.8 Å². The average molecular weight is 518 g/mol. The first-order valence-electron chi connectivity index (χ1n) is 8.17. The van der Waals surface area contributed by atoms with Gasteiger partial charge in [-0.05, 0) is 51.4 Å². The Morgan fingerprint density at radius 3 is 2.60 bits per heavy atom. The van der Waals surface area contributed by atoms with Gasteiger partial charge in [0.15, 0.2) is 5.75 Å². The number of benzene rings is 1. The van der Waals surface area contributed by atoms with E-state index in [1.807, 2.05) is 26.1 Å². The van der Waals surface area contributed by atoms with Crippen molar-refractivity contribution in [3.8, 4) is 5.75 Å². The molecule has 5 nitrogen and oxygen atoms in total. The van der Waals surface area contributed by atoms with Crippen LogP contribution in [0.15, 0.2) is 18.2 Å². The van der Waals surface area contributed by atoms with E-state index < -0.39 is 5.54 Å². The average Bonchev–Trinajstić information content (AvgIpc) is 2.47. The summed E-state index contributed by atoms with van der Waals surface area (Å²) in [5, 5.41) is 3.06. The summed E-state index contributed by atoms with van der Waals surface area (Å²) in [6, 6.07) is 5.60. The number of likely N-dealkylation sites (N-methyl/N-ethyl adjacent to an activating group) is 1. The minimum atomic E-state index is -0.415. The van der Waals surface area contributed by atoms with Crippen LogP contribution in [0.3, 0.4) is 0 Å². The summed E-state index contributed by atoms with van der Waals surface area (Å²) in [6.07, 6.45) is 4.73. The van der Waals surface area contributed by atoms with E-state index in [0.29, 0.717) is 11.4 Å². The molecule has 1 aliphatic carbocycles. The van der Waals surface area contributed by atoms with Crippen LogP contribution >= 0.6 is 0 Å². The molecule has 142 valence electrons. The zero-order chi connectivity index (χ0) is 16.9.